The Kier molecular flexibility index (Phi) is 9.56. The summed E-state index contributed by atoms with van der Waals surface area (Å²) in [6.07, 6.45) is 11.8. The van der Waals surface area contributed by atoms with Gasteiger partial charge in [-0.3, -0.25) is 0 Å². The number of aliphatic hydroxyl groups is 1. The molecule has 1 atom stereocenters. The Morgan fingerprint density at radius 3 is 2.15 bits per heavy atom. The lowest BCUT2D eigenvalue weighted by Gasteiger charge is -2.03. The topological polar surface area (TPSA) is 20.2 Å². The molecule has 1 heteroatoms. The molecule has 0 aliphatic heterocycles. The molecule has 0 saturated heterocycles. The zero-order valence-corrected chi connectivity index (χ0v) is 8.97. The highest BCUT2D eigenvalue weighted by Gasteiger charge is 1.95. The van der Waals surface area contributed by atoms with Gasteiger partial charge in [-0.1, -0.05) is 38.2 Å². The molecule has 0 spiro atoms. The van der Waals surface area contributed by atoms with Crippen molar-refractivity contribution in [1.29, 1.82) is 0 Å². The van der Waals surface area contributed by atoms with Crippen molar-refractivity contribution >= 4 is 0 Å². The van der Waals surface area contributed by atoms with Crippen LogP contribution >= 0.6 is 0 Å². The smallest absolute Gasteiger partial charge is 0.0512 e. The quantitative estimate of drug-likeness (QED) is 0.428. The molecule has 0 aromatic carbocycles. The largest absolute Gasteiger partial charge is 0.393 e. The molecule has 0 unspecified atom stereocenters. The Morgan fingerprint density at radius 1 is 1.08 bits per heavy atom. The molecule has 0 aromatic heterocycles. The van der Waals surface area contributed by atoms with E-state index in [2.05, 4.69) is 6.58 Å². The zero-order chi connectivity index (χ0) is 9.94. The van der Waals surface area contributed by atoms with E-state index in [0.29, 0.717) is 0 Å². The molecule has 0 heterocycles. The van der Waals surface area contributed by atoms with Crippen molar-refractivity contribution in [3.05, 3.63) is 12.7 Å². The Balaban J connectivity index is 2.87. The molecule has 13 heavy (non-hydrogen) atoms. The van der Waals surface area contributed by atoms with E-state index < -0.39 is 0 Å². The summed E-state index contributed by atoms with van der Waals surface area (Å²) < 4.78 is 0. The van der Waals surface area contributed by atoms with Gasteiger partial charge >= 0.3 is 0 Å². The van der Waals surface area contributed by atoms with E-state index in [4.69, 9.17) is 5.11 Å². The van der Waals surface area contributed by atoms with E-state index >= 15 is 0 Å². The molecule has 0 amide bonds. The van der Waals surface area contributed by atoms with Gasteiger partial charge in [0, 0.05) is 0 Å². The van der Waals surface area contributed by atoms with Gasteiger partial charge in [-0.05, 0) is 26.2 Å². The molecule has 0 fully saturated rings. The van der Waals surface area contributed by atoms with Gasteiger partial charge in [-0.2, -0.15) is 0 Å². The second-order valence-electron chi connectivity index (χ2n) is 3.84. The van der Waals surface area contributed by atoms with Crippen molar-refractivity contribution in [2.45, 2.75) is 64.4 Å². The first kappa shape index (κ1) is 12.7. The fraction of sp³-hybridized carbons (Fsp3) is 0.833. The lowest BCUT2D eigenvalue weighted by molar-refractivity contribution is 0.180. The molecular weight excluding hydrogens is 160 g/mol. The standard InChI is InChI=1S/C12H24O/c1-3-4-5-6-7-8-9-10-11-12(2)13/h3,12-13H,1,4-11H2,2H3/t12-/m1/s1. The SMILES string of the molecule is C=CCCCCCCCC[C@@H](C)O. The summed E-state index contributed by atoms with van der Waals surface area (Å²) in [5.41, 5.74) is 0. The van der Waals surface area contributed by atoms with Crippen molar-refractivity contribution in [2.75, 3.05) is 0 Å². The van der Waals surface area contributed by atoms with E-state index in [1.165, 1.54) is 38.5 Å². The van der Waals surface area contributed by atoms with Crippen LogP contribution in [0.5, 0.6) is 0 Å². The molecule has 0 aromatic rings. The van der Waals surface area contributed by atoms with Crippen LogP contribution in [0.1, 0.15) is 58.3 Å². The fourth-order valence-electron chi connectivity index (χ4n) is 1.44. The van der Waals surface area contributed by atoms with Crippen LogP contribution in [0.25, 0.3) is 0 Å². The number of hydrogen-bond acceptors (Lipinski definition) is 1. The molecular formula is C12H24O. The molecule has 1 nitrogen and oxygen atoms in total. The Hall–Kier alpha value is -0.300. The number of rotatable bonds is 9. The maximum atomic E-state index is 9.01. The van der Waals surface area contributed by atoms with Gasteiger partial charge in [0.1, 0.15) is 0 Å². The molecule has 0 radical (unpaired) electrons. The van der Waals surface area contributed by atoms with E-state index in [-0.39, 0.29) is 6.10 Å². The number of unbranched alkanes of at least 4 members (excludes halogenated alkanes) is 6. The van der Waals surface area contributed by atoms with E-state index in [0.717, 1.165) is 12.8 Å². The average molecular weight is 184 g/mol. The molecule has 78 valence electrons. The van der Waals surface area contributed by atoms with Crippen LogP contribution in [0.4, 0.5) is 0 Å². The van der Waals surface area contributed by atoms with Gasteiger partial charge in [-0.25, -0.2) is 0 Å². The van der Waals surface area contributed by atoms with Gasteiger partial charge in [0.15, 0.2) is 0 Å². The Labute approximate surface area is 82.9 Å². The van der Waals surface area contributed by atoms with Gasteiger partial charge in [0.25, 0.3) is 0 Å². The van der Waals surface area contributed by atoms with Crippen LogP contribution in [0, 0.1) is 0 Å². The second-order valence-corrected chi connectivity index (χ2v) is 3.84. The van der Waals surface area contributed by atoms with Crippen molar-refractivity contribution in [3.63, 3.8) is 0 Å². The van der Waals surface area contributed by atoms with E-state index in [9.17, 15) is 0 Å². The van der Waals surface area contributed by atoms with Crippen LogP contribution in [0.15, 0.2) is 12.7 Å². The van der Waals surface area contributed by atoms with E-state index in [1.54, 1.807) is 0 Å². The van der Waals surface area contributed by atoms with Crippen LogP contribution in [-0.4, -0.2) is 11.2 Å². The van der Waals surface area contributed by atoms with Gasteiger partial charge in [-0.15, -0.1) is 6.58 Å². The second kappa shape index (κ2) is 9.79. The van der Waals surface area contributed by atoms with Gasteiger partial charge in [0.05, 0.1) is 6.10 Å². The number of hydrogen-bond donors (Lipinski definition) is 1. The molecule has 0 saturated carbocycles. The summed E-state index contributed by atoms with van der Waals surface area (Å²) in [6, 6.07) is 0. The van der Waals surface area contributed by atoms with Crippen LogP contribution in [0.3, 0.4) is 0 Å². The lowest BCUT2D eigenvalue weighted by Crippen LogP contribution is -1.98. The number of allylic oxidation sites excluding steroid dienone is 1. The van der Waals surface area contributed by atoms with Crippen LogP contribution < -0.4 is 0 Å². The van der Waals surface area contributed by atoms with Crippen molar-refractivity contribution in [1.82, 2.24) is 0 Å². The third-order valence-corrected chi connectivity index (χ3v) is 2.28. The first-order valence-electron chi connectivity index (χ1n) is 5.56. The third-order valence-electron chi connectivity index (χ3n) is 2.28. The first-order chi connectivity index (χ1) is 6.27. The van der Waals surface area contributed by atoms with Crippen molar-refractivity contribution < 1.29 is 5.11 Å². The summed E-state index contributed by atoms with van der Waals surface area (Å²) in [4.78, 5) is 0. The first-order valence-corrected chi connectivity index (χ1v) is 5.56. The molecule has 0 rings (SSSR count). The summed E-state index contributed by atoms with van der Waals surface area (Å²) >= 11 is 0. The monoisotopic (exact) mass is 184 g/mol. The highest BCUT2D eigenvalue weighted by Crippen LogP contribution is 2.09. The van der Waals surface area contributed by atoms with Crippen LogP contribution in [-0.2, 0) is 0 Å². The van der Waals surface area contributed by atoms with E-state index in [1.807, 2.05) is 13.0 Å². The molecule has 1 N–H and O–H groups in total. The molecule has 0 aliphatic carbocycles. The Bertz CT molecular complexity index is 108. The zero-order valence-electron chi connectivity index (χ0n) is 8.97. The fourth-order valence-corrected chi connectivity index (χ4v) is 1.44. The number of aliphatic hydroxyl groups excluding tert-OH is 1. The molecule has 0 bridgehead atoms. The Morgan fingerprint density at radius 2 is 1.62 bits per heavy atom. The summed E-state index contributed by atoms with van der Waals surface area (Å²) in [5.74, 6) is 0. The summed E-state index contributed by atoms with van der Waals surface area (Å²) in [7, 11) is 0. The maximum Gasteiger partial charge on any atom is 0.0512 e. The maximum absolute atomic E-state index is 9.01. The minimum absolute atomic E-state index is 0.110. The summed E-state index contributed by atoms with van der Waals surface area (Å²) in [6.45, 7) is 5.56. The van der Waals surface area contributed by atoms with Crippen LogP contribution in [0.2, 0.25) is 0 Å². The lowest BCUT2D eigenvalue weighted by atomic mass is 10.1. The average Bonchev–Trinajstić information content (AvgIpc) is 2.09. The predicted molar refractivity (Wildman–Crippen MR) is 58.8 cm³/mol. The summed E-state index contributed by atoms with van der Waals surface area (Å²) in [5, 5.41) is 9.01. The normalized spacial score (nSPS) is 12.8. The highest BCUT2D eigenvalue weighted by molar-refractivity contribution is 4.65. The minimum Gasteiger partial charge on any atom is -0.393 e. The van der Waals surface area contributed by atoms with Gasteiger partial charge in [0.2, 0.25) is 0 Å². The predicted octanol–water partition coefficient (Wildman–Crippen LogP) is 3.67. The molecule has 0 aliphatic rings. The van der Waals surface area contributed by atoms with Crippen molar-refractivity contribution in [2.24, 2.45) is 0 Å². The third kappa shape index (κ3) is 11.7. The van der Waals surface area contributed by atoms with Gasteiger partial charge < -0.3 is 5.11 Å². The highest BCUT2D eigenvalue weighted by atomic mass is 16.3. The van der Waals surface area contributed by atoms with Crippen molar-refractivity contribution in [3.8, 4) is 0 Å². The minimum atomic E-state index is -0.110.